The number of carbonyl (C=O) groups excluding carboxylic acids is 1. The van der Waals surface area contributed by atoms with E-state index >= 15 is 0 Å². The highest BCUT2D eigenvalue weighted by molar-refractivity contribution is 5.77. The Morgan fingerprint density at radius 2 is 2.15 bits per heavy atom. The maximum absolute atomic E-state index is 12.6. The number of methoxy groups -OCH3 is 1. The molecule has 0 saturated carbocycles. The van der Waals surface area contributed by atoms with Gasteiger partial charge in [0.1, 0.15) is 11.5 Å². The molecule has 26 heavy (non-hydrogen) atoms. The molecule has 0 aliphatic carbocycles. The summed E-state index contributed by atoms with van der Waals surface area (Å²) in [6.07, 6.45) is 5.41. The molecule has 0 radical (unpaired) electrons. The van der Waals surface area contributed by atoms with E-state index in [2.05, 4.69) is 10.6 Å². The third kappa shape index (κ3) is 3.67. The van der Waals surface area contributed by atoms with Gasteiger partial charge in [-0.15, -0.1) is 0 Å². The Kier molecular flexibility index (Phi) is 5.05. The first-order valence-corrected chi connectivity index (χ1v) is 9.66. The Morgan fingerprint density at radius 3 is 2.96 bits per heavy atom. The van der Waals surface area contributed by atoms with E-state index in [0.717, 1.165) is 62.3 Å². The van der Waals surface area contributed by atoms with E-state index in [4.69, 9.17) is 14.2 Å². The lowest BCUT2D eigenvalue weighted by Crippen LogP contribution is -2.42. The number of carbonyl (C=O) groups is 1. The van der Waals surface area contributed by atoms with E-state index < -0.39 is 0 Å². The summed E-state index contributed by atoms with van der Waals surface area (Å²) < 4.78 is 17.3. The predicted octanol–water partition coefficient (Wildman–Crippen LogP) is 2.33. The number of fused-ring (bicyclic) bond motifs is 1. The summed E-state index contributed by atoms with van der Waals surface area (Å²) in [5.41, 5.74) is 1.00. The van der Waals surface area contributed by atoms with Crippen LogP contribution in [0, 0.1) is 0 Å². The number of benzene rings is 1. The van der Waals surface area contributed by atoms with Gasteiger partial charge in [0.2, 0.25) is 5.91 Å². The van der Waals surface area contributed by atoms with Crippen molar-refractivity contribution in [3.8, 4) is 11.5 Å². The summed E-state index contributed by atoms with van der Waals surface area (Å²) in [5, 5.41) is 6.56. The third-order valence-corrected chi connectivity index (χ3v) is 5.86. The van der Waals surface area contributed by atoms with E-state index in [0.29, 0.717) is 13.0 Å². The maximum atomic E-state index is 12.6. The van der Waals surface area contributed by atoms with Crippen LogP contribution in [0.25, 0.3) is 0 Å². The second kappa shape index (κ2) is 7.45. The molecule has 3 aliphatic rings. The molecule has 1 unspecified atom stereocenters. The molecule has 2 N–H and O–H groups in total. The van der Waals surface area contributed by atoms with Crippen molar-refractivity contribution in [1.82, 2.24) is 10.6 Å². The van der Waals surface area contributed by atoms with Gasteiger partial charge in [0, 0.05) is 12.0 Å². The van der Waals surface area contributed by atoms with E-state index in [1.54, 1.807) is 7.11 Å². The van der Waals surface area contributed by atoms with Gasteiger partial charge in [-0.05, 0) is 57.0 Å². The molecule has 3 aliphatic heterocycles. The van der Waals surface area contributed by atoms with E-state index in [-0.39, 0.29) is 23.7 Å². The third-order valence-electron chi connectivity index (χ3n) is 5.86. The van der Waals surface area contributed by atoms with Crippen LogP contribution >= 0.6 is 0 Å². The molecule has 2 atom stereocenters. The van der Waals surface area contributed by atoms with Crippen LogP contribution in [0.15, 0.2) is 18.2 Å². The summed E-state index contributed by atoms with van der Waals surface area (Å²) in [5.74, 6) is 1.66. The van der Waals surface area contributed by atoms with Crippen molar-refractivity contribution >= 4 is 5.91 Å². The van der Waals surface area contributed by atoms with Crippen molar-refractivity contribution < 1.29 is 19.0 Å². The standard InChI is InChI=1S/C20H28N2O4/c1-24-14-2-3-18-16(12-14)17(5-11-25-18)22-19(23)13-15-4-6-20(26-15)7-9-21-10-8-20/h2-3,12,15,17,21H,4-11,13H2,1H3,(H,22,23)/t15?,17-/m0/s1. The monoisotopic (exact) mass is 360 g/mol. The highest BCUT2D eigenvalue weighted by Crippen LogP contribution is 2.39. The Labute approximate surface area is 154 Å². The normalized spacial score (nSPS) is 26.8. The Hall–Kier alpha value is -1.79. The lowest BCUT2D eigenvalue weighted by Gasteiger charge is -2.34. The van der Waals surface area contributed by atoms with Crippen molar-refractivity contribution in [2.24, 2.45) is 0 Å². The number of piperidine rings is 1. The van der Waals surface area contributed by atoms with Gasteiger partial charge >= 0.3 is 0 Å². The Balaban J connectivity index is 1.36. The Morgan fingerprint density at radius 1 is 1.31 bits per heavy atom. The second-order valence-corrected chi connectivity index (χ2v) is 7.58. The zero-order chi connectivity index (χ0) is 18.0. The van der Waals surface area contributed by atoms with Gasteiger partial charge in [0.25, 0.3) is 0 Å². The molecule has 2 fully saturated rings. The minimum atomic E-state index is -0.0319. The molecule has 3 heterocycles. The summed E-state index contributed by atoms with van der Waals surface area (Å²) in [4.78, 5) is 12.6. The fourth-order valence-corrected chi connectivity index (χ4v) is 4.40. The first-order chi connectivity index (χ1) is 12.7. The molecule has 1 aromatic rings. The maximum Gasteiger partial charge on any atom is 0.223 e. The number of hydrogen-bond acceptors (Lipinski definition) is 5. The van der Waals surface area contributed by atoms with Crippen molar-refractivity contribution in [1.29, 1.82) is 0 Å². The zero-order valence-corrected chi connectivity index (χ0v) is 15.4. The van der Waals surface area contributed by atoms with Crippen LogP contribution < -0.4 is 20.1 Å². The van der Waals surface area contributed by atoms with E-state index in [1.165, 1.54) is 0 Å². The number of nitrogens with one attached hydrogen (secondary N) is 2. The molecule has 1 aromatic carbocycles. The summed E-state index contributed by atoms with van der Waals surface area (Å²) in [6.45, 7) is 2.64. The minimum absolute atomic E-state index is 0.00877. The number of rotatable bonds is 4. The van der Waals surface area contributed by atoms with Crippen molar-refractivity contribution in [3.05, 3.63) is 23.8 Å². The second-order valence-electron chi connectivity index (χ2n) is 7.58. The SMILES string of the molecule is COc1ccc2c(c1)[C@@H](NC(=O)CC1CCC3(CCNCC3)O1)CCO2. The fraction of sp³-hybridized carbons (Fsp3) is 0.650. The molecule has 4 rings (SSSR count). The van der Waals surface area contributed by atoms with Gasteiger partial charge in [-0.1, -0.05) is 0 Å². The quantitative estimate of drug-likeness (QED) is 0.862. The first-order valence-electron chi connectivity index (χ1n) is 9.66. The van der Waals surface area contributed by atoms with Gasteiger partial charge in [0.05, 0.1) is 37.9 Å². The van der Waals surface area contributed by atoms with Crippen LogP contribution in [0.4, 0.5) is 0 Å². The first kappa shape index (κ1) is 17.6. The summed E-state index contributed by atoms with van der Waals surface area (Å²) in [6, 6.07) is 5.72. The zero-order valence-electron chi connectivity index (χ0n) is 15.4. The minimum Gasteiger partial charge on any atom is -0.497 e. The van der Waals surface area contributed by atoms with Gasteiger partial charge < -0.3 is 24.8 Å². The van der Waals surface area contributed by atoms with Gasteiger partial charge in [-0.2, -0.15) is 0 Å². The number of ether oxygens (including phenoxy) is 3. The molecule has 2 saturated heterocycles. The van der Waals surface area contributed by atoms with Gasteiger partial charge in [0.15, 0.2) is 0 Å². The molecule has 0 aromatic heterocycles. The molecule has 0 bridgehead atoms. The van der Waals surface area contributed by atoms with Crippen LogP contribution in [-0.4, -0.2) is 44.4 Å². The fourth-order valence-electron chi connectivity index (χ4n) is 4.40. The highest BCUT2D eigenvalue weighted by Gasteiger charge is 2.41. The topological polar surface area (TPSA) is 68.8 Å². The van der Waals surface area contributed by atoms with Crippen LogP contribution in [0.1, 0.15) is 50.1 Å². The largest absolute Gasteiger partial charge is 0.497 e. The number of hydrogen-bond donors (Lipinski definition) is 2. The molecule has 142 valence electrons. The summed E-state index contributed by atoms with van der Waals surface area (Å²) in [7, 11) is 1.65. The molecule has 1 amide bonds. The molecule has 6 heteroatoms. The summed E-state index contributed by atoms with van der Waals surface area (Å²) >= 11 is 0. The molecular weight excluding hydrogens is 332 g/mol. The molecule has 6 nitrogen and oxygen atoms in total. The van der Waals surface area contributed by atoms with E-state index in [9.17, 15) is 4.79 Å². The molecule has 1 spiro atoms. The molecular formula is C20H28N2O4. The van der Waals surface area contributed by atoms with Crippen molar-refractivity contribution in [3.63, 3.8) is 0 Å². The van der Waals surface area contributed by atoms with E-state index in [1.807, 2.05) is 18.2 Å². The van der Waals surface area contributed by atoms with Crippen LogP contribution in [0.3, 0.4) is 0 Å². The van der Waals surface area contributed by atoms with Crippen LogP contribution in [0.2, 0.25) is 0 Å². The Bertz CT molecular complexity index is 657. The average molecular weight is 360 g/mol. The van der Waals surface area contributed by atoms with Crippen LogP contribution in [-0.2, 0) is 9.53 Å². The lowest BCUT2D eigenvalue weighted by atomic mass is 9.89. The van der Waals surface area contributed by atoms with Crippen molar-refractivity contribution in [2.45, 2.75) is 56.3 Å². The lowest BCUT2D eigenvalue weighted by molar-refractivity contribution is -0.127. The van der Waals surface area contributed by atoms with Crippen LogP contribution in [0.5, 0.6) is 11.5 Å². The smallest absolute Gasteiger partial charge is 0.223 e. The van der Waals surface area contributed by atoms with Crippen molar-refractivity contribution in [2.75, 3.05) is 26.8 Å². The van der Waals surface area contributed by atoms with Gasteiger partial charge in [-0.3, -0.25) is 4.79 Å². The number of amides is 1. The van der Waals surface area contributed by atoms with Gasteiger partial charge in [-0.25, -0.2) is 0 Å². The average Bonchev–Trinajstić information content (AvgIpc) is 3.03. The predicted molar refractivity (Wildman–Crippen MR) is 97.5 cm³/mol. The highest BCUT2D eigenvalue weighted by atomic mass is 16.5.